The van der Waals surface area contributed by atoms with Crippen LogP contribution in [0.15, 0.2) is 78.9 Å². The van der Waals surface area contributed by atoms with Crippen LogP contribution in [0, 0.1) is 5.82 Å². The molecule has 0 unspecified atom stereocenters. The second-order valence-electron chi connectivity index (χ2n) is 6.01. The van der Waals surface area contributed by atoms with E-state index in [2.05, 4.69) is 10.6 Å². The van der Waals surface area contributed by atoms with E-state index in [4.69, 9.17) is 4.74 Å². The summed E-state index contributed by atoms with van der Waals surface area (Å²) in [7, 11) is 0. The predicted octanol–water partition coefficient (Wildman–Crippen LogP) is 3.77. The van der Waals surface area contributed by atoms with Crippen molar-refractivity contribution in [2.24, 2.45) is 0 Å². The van der Waals surface area contributed by atoms with E-state index in [9.17, 15) is 14.0 Å². The molecule has 0 radical (unpaired) electrons. The Morgan fingerprint density at radius 1 is 0.857 bits per heavy atom. The summed E-state index contributed by atoms with van der Waals surface area (Å²) in [6.07, 6.45) is 0. The molecule has 2 amide bonds. The number of amides is 2. The third-order valence-corrected chi connectivity index (χ3v) is 3.93. The maximum atomic E-state index is 12.9. The van der Waals surface area contributed by atoms with Crippen LogP contribution in [-0.4, -0.2) is 18.4 Å². The average Bonchev–Trinajstić information content (AvgIpc) is 2.73. The quantitative estimate of drug-likeness (QED) is 0.658. The third-order valence-electron chi connectivity index (χ3n) is 3.93. The van der Waals surface area contributed by atoms with Crippen molar-refractivity contribution in [1.82, 2.24) is 5.32 Å². The number of hydrogen-bond donors (Lipinski definition) is 2. The molecule has 0 saturated heterocycles. The van der Waals surface area contributed by atoms with Gasteiger partial charge in [-0.15, -0.1) is 0 Å². The van der Waals surface area contributed by atoms with Gasteiger partial charge in [-0.05, 0) is 42.0 Å². The van der Waals surface area contributed by atoms with Crippen LogP contribution >= 0.6 is 0 Å². The van der Waals surface area contributed by atoms with Gasteiger partial charge in [-0.25, -0.2) is 4.39 Å². The van der Waals surface area contributed by atoms with Gasteiger partial charge in [0.15, 0.2) is 6.61 Å². The van der Waals surface area contributed by atoms with Crippen LogP contribution in [0.3, 0.4) is 0 Å². The first kappa shape index (κ1) is 19.1. The average molecular weight is 378 g/mol. The second kappa shape index (κ2) is 9.32. The Balaban J connectivity index is 1.56. The van der Waals surface area contributed by atoms with Gasteiger partial charge in [-0.1, -0.05) is 42.5 Å². The Labute approximate surface area is 162 Å². The summed E-state index contributed by atoms with van der Waals surface area (Å²) in [5.74, 6) is -0.687. The predicted molar refractivity (Wildman–Crippen MR) is 105 cm³/mol. The zero-order valence-corrected chi connectivity index (χ0v) is 15.0. The first-order valence-corrected chi connectivity index (χ1v) is 8.71. The maximum Gasteiger partial charge on any atom is 0.259 e. The van der Waals surface area contributed by atoms with Gasteiger partial charge < -0.3 is 15.4 Å². The van der Waals surface area contributed by atoms with E-state index in [1.807, 2.05) is 18.2 Å². The van der Waals surface area contributed by atoms with Crippen LogP contribution in [-0.2, 0) is 11.3 Å². The van der Waals surface area contributed by atoms with E-state index in [0.29, 0.717) is 17.0 Å². The molecule has 0 aliphatic carbocycles. The molecule has 0 atom stereocenters. The number of anilines is 1. The van der Waals surface area contributed by atoms with Crippen LogP contribution in [0.4, 0.5) is 10.1 Å². The van der Waals surface area contributed by atoms with Gasteiger partial charge in [0.2, 0.25) is 0 Å². The van der Waals surface area contributed by atoms with E-state index < -0.39 is 0 Å². The van der Waals surface area contributed by atoms with Crippen LogP contribution in [0.2, 0.25) is 0 Å². The molecule has 3 rings (SSSR count). The van der Waals surface area contributed by atoms with Crippen molar-refractivity contribution in [3.8, 4) is 5.75 Å². The number of ether oxygens (including phenoxy) is 1. The van der Waals surface area contributed by atoms with Crippen molar-refractivity contribution in [2.75, 3.05) is 11.9 Å². The summed E-state index contributed by atoms with van der Waals surface area (Å²) >= 11 is 0. The molecule has 6 heteroatoms. The lowest BCUT2D eigenvalue weighted by Crippen LogP contribution is -2.28. The lowest BCUT2D eigenvalue weighted by atomic mass is 10.2. The fourth-order valence-corrected chi connectivity index (χ4v) is 2.50. The molecule has 28 heavy (non-hydrogen) atoms. The van der Waals surface area contributed by atoms with Gasteiger partial charge in [0, 0.05) is 12.2 Å². The van der Waals surface area contributed by atoms with Gasteiger partial charge in [0.05, 0.1) is 5.56 Å². The van der Waals surface area contributed by atoms with Crippen molar-refractivity contribution in [1.29, 1.82) is 0 Å². The van der Waals surface area contributed by atoms with Crippen molar-refractivity contribution >= 4 is 17.5 Å². The minimum absolute atomic E-state index is 0.239. The highest BCUT2D eigenvalue weighted by atomic mass is 19.1. The summed E-state index contributed by atoms with van der Waals surface area (Å²) in [6.45, 7) is 0.0233. The normalized spacial score (nSPS) is 10.2. The van der Waals surface area contributed by atoms with Gasteiger partial charge in [-0.2, -0.15) is 0 Å². The van der Waals surface area contributed by atoms with Gasteiger partial charge in [0.25, 0.3) is 11.8 Å². The Bertz CT molecular complexity index is 944. The molecule has 3 aromatic carbocycles. The first-order chi connectivity index (χ1) is 13.6. The number of hydrogen-bond acceptors (Lipinski definition) is 3. The number of nitrogens with one attached hydrogen (secondary N) is 2. The van der Waals surface area contributed by atoms with Crippen LogP contribution in [0.5, 0.6) is 5.75 Å². The zero-order chi connectivity index (χ0) is 19.8. The second-order valence-corrected chi connectivity index (χ2v) is 6.01. The molecule has 142 valence electrons. The largest absolute Gasteiger partial charge is 0.483 e. The fourth-order valence-electron chi connectivity index (χ4n) is 2.50. The summed E-state index contributed by atoms with van der Waals surface area (Å²) in [5.41, 5.74) is 1.77. The van der Waals surface area contributed by atoms with E-state index in [-0.39, 0.29) is 30.8 Å². The molecule has 0 aliphatic heterocycles. The SMILES string of the molecule is O=C(COc1ccccc1C(=O)Nc1ccccc1)NCc1ccc(F)cc1. The lowest BCUT2D eigenvalue weighted by Gasteiger charge is -2.12. The Hall–Kier alpha value is -3.67. The summed E-state index contributed by atoms with van der Waals surface area (Å²) in [6, 6.07) is 21.6. The van der Waals surface area contributed by atoms with Gasteiger partial charge >= 0.3 is 0 Å². The molecule has 0 fully saturated rings. The van der Waals surface area contributed by atoms with Gasteiger partial charge in [0.1, 0.15) is 11.6 Å². The maximum absolute atomic E-state index is 12.9. The topological polar surface area (TPSA) is 67.4 Å². The Morgan fingerprint density at radius 3 is 2.29 bits per heavy atom. The summed E-state index contributed by atoms with van der Waals surface area (Å²) in [5, 5.41) is 5.48. The standard InChI is InChI=1S/C22H19FN2O3/c23-17-12-10-16(11-13-17)14-24-21(26)15-28-20-9-5-4-8-19(20)22(27)25-18-6-2-1-3-7-18/h1-13H,14-15H2,(H,24,26)(H,25,27). The molecule has 0 bridgehead atoms. The molecular formula is C22H19FN2O3. The first-order valence-electron chi connectivity index (χ1n) is 8.71. The molecule has 0 aromatic heterocycles. The summed E-state index contributed by atoms with van der Waals surface area (Å²) in [4.78, 5) is 24.5. The highest BCUT2D eigenvalue weighted by Gasteiger charge is 2.13. The van der Waals surface area contributed by atoms with Crippen LogP contribution in [0.25, 0.3) is 0 Å². The van der Waals surface area contributed by atoms with E-state index >= 15 is 0 Å². The minimum Gasteiger partial charge on any atom is -0.483 e. The molecule has 0 aliphatic rings. The van der Waals surface area contributed by atoms with Crippen molar-refractivity contribution < 1.29 is 18.7 Å². The molecular weight excluding hydrogens is 359 g/mol. The monoisotopic (exact) mass is 378 g/mol. The lowest BCUT2D eigenvalue weighted by molar-refractivity contribution is -0.123. The van der Waals surface area contributed by atoms with Gasteiger partial charge in [-0.3, -0.25) is 9.59 Å². The molecule has 0 saturated carbocycles. The third kappa shape index (κ3) is 5.41. The Morgan fingerprint density at radius 2 is 1.54 bits per heavy atom. The van der Waals surface area contributed by atoms with Crippen molar-refractivity contribution in [3.05, 3.63) is 95.8 Å². The number of para-hydroxylation sites is 2. The molecule has 0 spiro atoms. The smallest absolute Gasteiger partial charge is 0.259 e. The molecule has 3 aromatic rings. The minimum atomic E-state index is -0.345. The number of carbonyl (C=O) groups is 2. The number of benzene rings is 3. The molecule has 2 N–H and O–H groups in total. The molecule has 5 nitrogen and oxygen atoms in total. The van der Waals surface area contributed by atoms with E-state index in [1.54, 1.807) is 48.5 Å². The number of halogens is 1. The Kier molecular flexibility index (Phi) is 6.36. The zero-order valence-electron chi connectivity index (χ0n) is 15.0. The summed E-state index contributed by atoms with van der Waals surface area (Å²) < 4.78 is 18.4. The highest BCUT2D eigenvalue weighted by molar-refractivity contribution is 6.06. The highest BCUT2D eigenvalue weighted by Crippen LogP contribution is 2.19. The van der Waals surface area contributed by atoms with Crippen LogP contribution < -0.4 is 15.4 Å². The van der Waals surface area contributed by atoms with Crippen molar-refractivity contribution in [2.45, 2.75) is 6.54 Å². The fraction of sp³-hybridized carbons (Fsp3) is 0.0909. The van der Waals surface area contributed by atoms with E-state index in [1.165, 1.54) is 12.1 Å². The molecule has 0 heterocycles. The van der Waals surface area contributed by atoms with Crippen LogP contribution in [0.1, 0.15) is 15.9 Å². The van der Waals surface area contributed by atoms with Crippen molar-refractivity contribution in [3.63, 3.8) is 0 Å². The number of carbonyl (C=O) groups excluding carboxylic acids is 2. The number of rotatable bonds is 7. The van der Waals surface area contributed by atoms with E-state index in [0.717, 1.165) is 5.56 Å².